The number of rotatable bonds is 6. The quantitative estimate of drug-likeness (QED) is 0.630. The molecule has 0 unspecified atom stereocenters. The molecule has 0 heterocycles. The molecule has 0 atom stereocenters. The van der Waals surface area contributed by atoms with Crippen LogP contribution in [0.4, 0.5) is 11.4 Å². The molecular formula is C13H16N2O4. The second-order valence-electron chi connectivity index (χ2n) is 4.69. The largest absolute Gasteiger partial charge is 0.478 e. The number of nitro groups is 1. The summed E-state index contributed by atoms with van der Waals surface area (Å²) in [5.74, 6) is -1.12. The molecule has 1 fully saturated rings. The third-order valence-corrected chi connectivity index (χ3v) is 3.18. The Morgan fingerprint density at radius 3 is 2.68 bits per heavy atom. The molecule has 6 heteroatoms. The lowest BCUT2D eigenvalue weighted by atomic mass is 10.1. The van der Waals surface area contributed by atoms with E-state index in [9.17, 15) is 20.0 Å². The van der Waals surface area contributed by atoms with Crippen LogP contribution >= 0.6 is 0 Å². The lowest BCUT2D eigenvalue weighted by Crippen LogP contribution is -2.28. The third-order valence-electron chi connectivity index (χ3n) is 3.18. The molecule has 19 heavy (non-hydrogen) atoms. The van der Waals surface area contributed by atoms with Gasteiger partial charge in [0.15, 0.2) is 0 Å². The summed E-state index contributed by atoms with van der Waals surface area (Å²) >= 11 is 0. The average molecular weight is 264 g/mol. The number of benzene rings is 1. The zero-order valence-corrected chi connectivity index (χ0v) is 10.7. The van der Waals surface area contributed by atoms with E-state index >= 15 is 0 Å². The van der Waals surface area contributed by atoms with Crippen molar-refractivity contribution in [3.8, 4) is 0 Å². The minimum absolute atomic E-state index is 0.00884. The van der Waals surface area contributed by atoms with Gasteiger partial charge in [0.1, 0.15) is 0 Å². The Balaban J connectivity index is 2.42. The van der Waals surface area contributed by atoms with E-state index in [-0.39, 0.29) is 11.3 Å². The number of aromatic carboxylic acids is 1. The summed E-state index contributed by atoms with van der Waals surface area (Å²) in [6.07, 6.45) is 3.01. The molecular weight excluding hydrogens is 248 g/mol. The van der Waals surface area contributed by atoms with E-state index in [1.807, 2.05) is 11.8 Å². The van der Waals surface area contributed by atoms with Crippen LogP contribution in [0, 0.1) is 10.1 Å². The van der Waals surface area contributed by atoms with E-state index in [2.05, 4.69) is 0 Å². The van der Waals surface area contributed by atoms with E-state index in [1.165, 1.54) is 6.07 Å². The van der Waals surface area contributed by atoms with Crippen LogP contribution in [0.3, 0.4) is 0 Å². The fourth-order valence-electron chi connectivity index (χ4n) is 2.19. The van der Waals surface area contributed by atoms with Gasteiger partial charge in [0, 0.05) is 24.7 Å². The van der Waals surface area contributed by atoms with E-state index in [1.54, 1.807) is 6.07 Å². The first-order valence-electron chi connectivity index (χ1n) is 6.33. The van der Waals surface area contributed by atoms with Gasteiger partial charge >= 0.3 is 5.97 Å². The van der Waals surface area contributed by atoms with Crippen molar-refractivity contribution in [3.63, 3.8) is 0 Å². The maximum Gasteiger partial charge on any atom is 0.338 e. The van der Waals surface area contributed by atoms with Crippen LogP contribution in [-0.4, -0.2) is 28.6 Å². The van der Waals surface area contributed by atoms with Gasteiger partial charge < -0.3 is 10.0 Å². The lowest BCUT2D eigenvalue weighted by molar-refractivity contribution is -0.384. The Bertz CT molecular complexity index is 511. The molecule has 1 aromatic carbocycles. The minimum atomic E-state index is -1.12. The van der Waals surface area contributed by atoms with Crippen LogP contribution in [0.25, 0.3) is 0 Å². The van der Waals surface area contributed by atoms with E-state index < -0.39 is 10.9 Å². The second kappa shape index (κ2) is 5.26. The number of non-ortho nitro benzene ring substituents is 1. The lowest BCUT2D eigenvalue weighted by Gasteiger charge is -2.25. The first-order valence-corrected chi connectivity index (χ1v) is 6.33. The van der Waals surface area contributed by atoms with Crippen LogP contribution in [-0.2, 0) is 0 Å². The molecule has 1 aliphatic rings. The molecule has 0 aliphatic heterocycles. The van der Waals surface area contributed by atoms with Gasteiger partial charge in [-0.25, -0.2) is 4.79 Å². The van der Waals surface area contributed by atoms with E-state index in [0.717, 1.165) is 31.9 Å². The SMILES string of the molecule is CCCN(c1ccc([N+](=O)[O-])cc1C(=O)O)C1CC1. The third kappa shape index (κ3) is 2.83. The van der Waals surface area contributed by atoms with Crippen molar-refractivity contribution in [2.75, 3.05) is 11.4 Å². The number of carboxylic acid groups (broad SMARTS) is 1. The van der Waals surface area contributed by atoms with Gasteiger partial charge in [-0.3, -0.25) is 10.1 Å². The predicted molar refractivity (Wildman–Crippen MR) is 70.7 cm³/mol. The van der Waals surface area contributed by atoms with E-state index in [4.69, 9.17) is 0 Å². The topological polar surface area (TPSA) is 83.7 Å². The van der Waals surface area contributed by atoms with Gasteiger partial charge in [-0.15, -0.1) is 0 Å². The van der Waals surface area contributed by atoms with Crippen molar-refractivity contribution < 1.29 is 14.8 Å². The van der Waals surface area contributed by atoms with Gasteiger partial charge in [-0.05, 0) is 25.3 Å². The normalized spacial score (nSPS) is 14.2. The summed E-state index contributed by atoms with van der Waals surface area (Å²) in [5, 5.41) is 20.0. The summed E-state index contributed by atoms with van der Waals surface area (Å²) in [7, 11) is 0. The molecule has 0 saturated heterocycles. The standard InChI is InChI=1S/C13H16N2O4/c1-2-7-14(9-3-4-9)12-6-5-10(15(18)19)8-11(12)13(16)17/h5-6,8-9H,2-4,7H2,1H3,(H,16,17). The number of nitrogens with zero attached hydrogens (tertiary/aromatic N) is 2. The Labute approximate surface area is 110 Å². The molecule has 0 bridgehead atoms. The van der Waals surface area contributed by atoms with Crippen molar-refractivity contribution >= 4 is 17.3 Å². The van der Waals surface area contributed by atoms with Crippen LogP contribution in [0.2, 0.25) is 0 Å². The van der Waals surface area contributed by atoms with Crippen molar-refractivity contribution in [3.05, 3.63) is 33.9 Å². The van der Waals surface area contributed by atoms with Crippen LogP contribution in [0.5, 0.6) is 0 Å². The Hall–Kier alpha value is -2.11. The molecule has 0 aromatic heterocycles. The highest BCUT2D eigenvalue weighted by Crippen LogP contribution is 2.35. The van der Waals surface area contributed by atoms with Gasteiger partial charge in [0.2, 0.25) is 0 Å². The first kappa shape index (κ1) is 13.3. The molecule has 6 nitrogen and oxygen atoms in total. The predicted octanol–water partition coefficient (Wildman–Crippen LogP) is 2.67. The number of anilines is 1. The van der Waals surface area contributed by atoms with Gasteiger partial charge in [0.05, 0.1) is 16.2 Å². The van der Waals surface area contributed by atoms with Crippen LogP contribution in [0.15, 0.2) is 18.2 Å². The number of hydrogen-bond acceptors (Lipinski definition) is 4. The number of nitro benzene ring substituents is 1. The molecule has 1 N–H and O–H groups in total. The zero-order chi connectivity index (χ0) is 14.0. The highest BCUT2D eigenvalue weighted by Gasteiger charge is 2.31. The minimum Gasteiger partial charge on any atom is -0.478 e. The van der Waals surface area contributed by atoms with Crippen molar-refractivity contribution in [1.82, 2.24) is 0 Å². The van der Waals surface area contributed by atoms with Crippen LogP contribution < -0.4 is 4.90 Å². The summed E-state index contributed by atoms with van der Waals surface area (Å²) in [6.45, 7) is 2.80. The number of hydrogen-bond donors (Lipinski definition) is 1. The van der Waals surface area contributed by atoms with Crippen molar-refractivity contribution in [2.24, 2.45) is 0 Å². The fraction of sp³-hybridized carbons (Fsp3) is 0.462. The number of carboxylic acids is 1. The number of carbonyl (C=O) groups is 1. The molecule has 1 aromatic rings. The molecule has 1 aliphatic carbocycles. The van der Waals surface area contributed by atoms with Crippen molar-refractivity contribution in [1.29, 1.82) is 0 Å². The molecule has 102 valence electrons. The molecule has 0 amide bonds. The molecule has 2 rings (SSSR count). The summed E-state index contributed by atoms with van der Waals surface area (Å²) in [6, 6.07) is 4.44. The zero-order valence-electron chi connectivity index (χ0n) is 10.7. The Kier molecular flexibility index (Phi) is 3.69. The summed E-state index contributed by atoms with van der Waals surface area (Å²) in [4.78, 5) is 23.5. The highest BCUT2D eigenvalue weighted by molar-refractivity contribution is 5.95. The maximum atomic E-state index is 11.3. The summed E-state index contributed by atoms with van der Waals surface area (Å²) < 4.78 is 0. The van der Waals surface area contributed by atoms with Crippen molar-refractivity contribution in [2.45, 2.75) is 32.2 Å². The maximum absolute atomic E-state index is 11.3. The molecule has 1 saturated carbocycles. The van der Waals surface area contributed by atoms with Gasteiger partial charge in [-0.2, -0.15) is 0 Å². The Morgan fingerprint density at radius 2 is 2.21 bits per heavy atom. The average Bonchev–Trinajstić information content (AvgIpc) is 3.19. The monoisotopic (exact) mass is 264 g/mol. The molecule has 0 radical (unpaired) electrons. The fourth-order valence-corrected chi connectivity index (χ4v) is 2.19. The van der Waals surface area contributed by atoms with Crippen LogP contribution in [0.1, 0.15) is 36.5 Å². The smallest absolute Gasteiger partial charge is 0.338 e. The van der Waals surface area contributed by atoms with Gasteiger partial charge in [-0.1, -0.05) is 6.92 Å². The second-order valence-corrected chi connectivity index (χ2v) is 4.69. The molecule has 0 spiro atoms. The van der Waals surface area contributed by atoms with Gasteiger partial charge in [0.25, 0.3) is 5.69 Å². The Morgan fingerprint density at radius 1 is 1.53 bits per heavy atom. The highest BCUT2D eigenvalue weighted by atomic mass is 16.6. The summed E-state index contributed by atoms with van der Waals surface area (Å²) in [5.41, 5.74) is 0.408. The first-order chi connectivity index (χ1) is 9.04. The van der Waals surface area contributed by atoms with E-state index in [0.29, 0.717) is 11.7 Å².